The van der Waals surface area contributed by atoms with E-state index in [4.69, 9.17) is 11.6 Å². The smallest absolute Gasteiger partial charge is 0.250 e. The Bertz CT molecular complexity index is 512. The van der Waals surface area contributed by atoms with E-state index in [1.807, 2.05) is 0 Å². The van der Waals surface area contributed by atoms with Crippen LogP contribution in [-0.2, 0) is 10.0 Å². The first-order chi connectivity index (χ1) is 9.24. The number of rotatable bonds is 8. The standard InChI is InChI=1S/C12H20BrClN2O2S2/c1-9(2)16(3)7-5-4-6-15-20(17,18)11-8-10(14)12(13)19-11/h8-9,15H,4-7H2,1-3H3. The Morgan fingerprint density at radius 3 is 2.60 bits per heavy atom. The quantitative estimate of drug-likeness (QED) is 0.675. The van der Waals surface area contributed by atoms with Crippen LogP contribution in [0.15, 0.2) is 14.1 Å². The summed E-state index contributed by atoms with van der Waals surface area (Å²) in [7, 11) is -1.37. The molecule has 0 spiro atoms. The zero-order valence-corrected chi connectivity index (χ0v) is 15.8. The van der Waals surface area contributed by atoms with Gasteiger partial charge in [0, 0.05) is 12.6 Å². The zero-order chi connectivity index (χ0) is 15.3. The molecule has 0 radical (unpaired) electrons. The van der Waals surface area contributed by atoms with Gasteiger partial charge in [0.1, 0.15) is 4.21 Å². The van der Waals surface area contributed by atoms with Gasteiger partial charge in [-0.3, -0.25) is 0 Å². The molecule has 4 nitrogen and oxygen atoms in total. The summed E-state index contributed by atoms with van der Waals surface area (Å²) < 4.78 is 27.5. The van der Waals surface area contributed by atoms with Crippen LogP contribution in [0.4, 0.5) is 0 Å². The summed E-state index contributed by atoms with van der Waals surface area (Å²) in [5.74, 6) is 0. The lowest BCUT2D eigenvalue weighted by molar-refractivity contribution is 0.268. The van der Waals surface area contributed by atoms with Crippen LogP contribution in [0.5, 0.6) is 0 Å². The fraction of sp³-hybridized carbons (Fsp3) is 0.667. The summed E-state index contributed by atoms with van der Waals surface area (Å²) >= 11 is 10.2. The van der Waals surface area contributed by atoms with Crippen LogP contribution in [-0.4, -0.2) is 39.5 Å². The lowest BCUT2D eigenvalue weighted by atomic mass is 10.2. The first-order valence-corrected chi connectivity index (χ1v) is 9.86. The third kappa shape index (κ3) is 5.61. The molecule has 8 heteroatoms. The second-order valence-electron chi connectivity index (χ2n) is 4.87. The maximum atomic E-state index is 12.0. The molecular weight excluding hydrogens is 384 g/mol. The van der Waals surface area contributed by atoms with Crippen LogP contribution < -0.4 is 4.72 Å². The molecule has 1 N–H and O–H groups in total. The van der Waals surface area contributed by atoms with E-state index in [-0.39, 0.29) is 4.21 Å². The summed E-state index contributed by atoms with van der Waals surface area (Å²) in [6.07, 6.45) is 1.78. The summed E-state index contributed by atoms with van der Waals surface area (Å²) in [5.41, 5.74) is 0. The Morgan fingerprint density at radius 2 is 2.10 bits per heavy atom. The third-order valence-electron chi connectivity index (χ3n) is 3.00. The summed E-state index contributed by atoms with van der Waals surface area (Å²) in [6, 6.07) is 1.97. The van der Waals surface area contributed by atoms with E-state index in [2.05, 4.69) is 46.4 Å². The zero-order valence-electron chi connectivity index (χ0n) is 11.8. The molecule has 116 valence electrons. The molecule has 1 heterocycles. The van der Waals surface area contributed by atoms with Crippen molar-refractivity contribution >= 4 is 48.9 Å². The van der Waals surface area contributed by atoms with Gasteiger partial charge in [-0.15, -0.1) is 11.3 Å². The van der Waals surface area contributed by atoms with Gasteiger partial charge in [0.2, 0.25) is 10.0 Å². The van der Waals surface area contributed by atoms with Crippen molar-refractivity contribution in [2.45, 2.75) is 36.9 Å². The maximum absolute atomic E-state index is 12.0. The molecule has 0 aliphatic heterocycles. The molecule has 0 atom stereocenters. The highest BCUT2D eigenvalue weighted by molar-refractivity contribution is 9.11. The summed E-state index contributed by atoms with van der Waals surface area (Å²) in [5, 5.41) is 0.425. The van der Waals surface area contributed by atoms with Crippen molar-refractivity contribution in [1.82, 2.24) is 9.62 Å². The Kier molecular flexibility index (Phi) is 7.45. The van der Waals surface area contributed by atoms with Gasteiger partial charge in [-0.2, -0.15) is 0 Å². The minimum absolute atomic E-state index is 0.244. The first-order valence-electron chi connectivity index (χ1n) is 6.39. The van der Waals surface area contributed by atoms with Crippen molar-refractivity contribution in [2.24, 2.45) is 0 Å². The van der Waals surface area contributed by atoms with E-state index in [1.165, 1.54) is 6.07 Å². The van der Waals surface area contributed by atoms with E-state index in [1.54, 1.807) is 0 Å². The summed E-state index contributed by atoms with van der Waals surface area (Å²) in [4.78, 5) is 2.24. The monoisotopic (exact) mass is 402 g/mol. The van der Waals surface area contributed by atoms with Crippen LogP contribution in [0.3, 0.4) is 0 Å². The average Bonchev–Trinajstić information content (AvgIpc) is 2.69. The van der Waals surface area contributed by atoms with Gasteiger partial charge >= 0.3 is 0 Å². The SMILES string of the molecule is CC(C)N(C)CCCCNS(=O)(=O)c1cc(Cl)c(Br)s1. The van der Waals surface area contributed by atoms with Gasteiger partial charge in [-0.1, -0.05) is 11.6 Å². The van der Waals surface area contributed by atoms with E-state index >= 15 is 0 Å². The van der Waals surface area contributed by atoms with E-state index < -0.39 is 10.0 Å². The normalized spacial score (nSPS) is 12.6. The second kappa shape index (κ2) is 8.10. The van der Waals surface area contributed by atoms with Gasteiger partial charge in [-0.05, 0) is 62.3 Å². The number of thiophene rings is 1. The number of nitrogens with zero attached hydrogens (tertiary/aromatic N) is 1. The first kappa shape index (κ1) is 18.4. The number of hydrogen-bond acceptors (Lipinski definition) is 4. The van der Waals surface area contributed by atoms with Crippen LogP contribution in [0.1, 0.15) is 26.7 Å². The molecule has 0 saturated heterocycles. The third-order valence-corrected chi connectivity index (χ3v) is 7.41. The van der Waals surface area contributed by atoms with Crippen molar-refractivity contribution < 1.29 is 8.42 Å². The highest BCUT2D eigenvalue weighted by Crippen LogP contribution is 2.34. The highest BCUT2D eigenvalue weighted by Gasteiger charge is 2.18. The Balaban J connectivity index is 2.38. The fourth-order valence-corrected chi connectivity index (χ4v) is 5.00. The Morgan fingerprint density at radius 1 is 1.45 bits per heavy atom. The van der Waals surface area contributed by atoms with Crippen molar-refractivity contribution in [3.63, 3.8) is 0 Å². The lowest BCUT2D eigenvalue weighted by Crippen LogP contribution is -2.28. The van der Waals surface area contributed by atoms with Crippen molar-refractivity contribution in [3.8, 4) is 0 Å². The average molecular weight is 404 g/mol. The second-order valence-corrected chi connectivity index (χ2v) is 9.64. The molecule has 0 aliphatic rings. The van der Waals surface area contributed by atoms with Crippen LogP contribution >= 0.6 is 38.9 Å². The predicted molar refractivity (Wildman–Crippen MR) is 89.2 cm³/mol. The molecule has 0 amide bonds. The summed E-state index contributed by atoms with van der Waals surface area (Å²) in [6.45, 7) is 5.69. The minimum Gasteiger partial charge on any atom is -0.304 e. The molecular formula is C12H20BrClN2O2S2. The molecule has 1 aromatic heterocycles. The minimum atomic E-state index is -3.44. The molecule has 0 bridgehead atoms. The largest absolute Gasteiger partial charge is 0.304 e. The van der Waals surface area contributed by atoms with E-state index in [0.29, 0.717) is 21.4 Å². The van der Waals surface area contributed by atoms with Crippen molar-refractivity contribution in [2.75, 3.05) is 20.1 Å². The molecule has 0 fully saturated rings. The molecule has 1 aromatic rings. The predicted octanol–water partition coefficient (Wildman–Crippen LogP) is 3.56. The topological polar surface area (TPSA) is 49.4 Å². The van der Waals surface area contributed by atoms with Crippen LogP contribution in [0.25, 0.3) is 0 Å². The molecule has 1 rings (SSSR count). The maximum Gasteiger partial charge on any atom is 0.250 e. The van der Waals surface area contributed by atoms with Gasteiger partial charge in [0.25, 0.3) is 0 Å². The van der Waals surface area contributed by atoms with Gasteiger partial charge in [0.15, 0.2) is 0 Å². The number of nitrogens with one attached hydrogen (secondary N) is 1. The fourth-order valence-electron chi connectivity index (χ4n) is 1.48. The Labute approximate surface area is 138 Å². The van der Waals surface area contributed by atoms with E-state index in [9.17, 15) is 8.42 Å². The number of halogens is 2. The van der Waals surface area contributed by atoms with Crippen LogP contribution in [0, 0.1) is 0 Å². The Hall–Kier alpha value is 0.340. The number of hydrogen-bond donors (Lipinski definition) is 1. The molecule has 0 saturated carbocycles. The van der Waals surface area contributed by atoms with Gasteiger partial charge < -0.3 is 4.90 Å². The van der Waals surface area contributed by atoms with Gasteiger partial charge in [0.05, 0.1) is 8.81 Å². The number of unbranched alkanes of at least 4 members (excludes halogenated alkanes) is 1. The van der Waals surface area contributed by atoms with E-state index in [0.717, 1.165) is 30.7 Å². The molecule has 0 unspecified atom stereocenters. The van der Waals surface area contributed by atoms with Crippen LogP contribution in [0.2, 0.25) is 5.02 Å². The van der Waals surface area contributed by atoms with Gasteiger partial charge in [-0.25, -0.2) is 13.1 Å². The molecule has 0 aromatic carbocycles. The lowest BCUT2D eigenvalue weighted by Gasteiger charge is -2.20. The molecule has 20 heavy (non-hydrogen) atoms. The van der Waals surface area contributed by atoms with Crippen molar-refractivity contribution in [1.29, 1.82) is 0 Å². The highest BCUT2D eigenvalue weighted by atomic mass is 79.9. The molecule has 0 aliphatic carbocycles. The van der Waals surface area contributed by atoms with Crippen molar-refractivity contribution in [3.05, 3.63) is 14.9 Å². The number of sulfonamides is 1.